The SMILES string of the molecule is C=CC(=O)NCOCC(C)CC. The summed E-state index contributed by atoms with van der Waals surface area (Å²) in [5.41, 5.74) is 0. The smallest absolute Gasteiger partial charge is 0.245 e. The van der Waals surface area contributed by atoms with Crippen molar-refractivity contribution in [3.63, 3.8) is 0 Å². The van der Waals surface area contributed by atoms with Crippen molar-refractivity contribution in [3.8, 4) is 0 Å². The third-order valence-electron chi connectivity index (χ3n) is 1.63. The predicted octanol–water partition coefficient (Wildman–Crippen LogP) is 1.31. The lowest BCUT2D eigenvalue weighted by atomic mass is 10.1. The molecular weight excluding hydrogens is 154 g/mol. The van der Waals surface area contributed by atoms with Crippen LogP contribution in [0.1, 0.15) is 20.3 Å². The maximum Gasteiger partial charge on any atom is 0.245 e. The van der Waals surface area contributed by atoms with Crippen LogP contribution >= 0.6 is 0 Å². The molecule has 0 rings (SSSR count). The lowest BCUT2D eigenvalue weighted by Gasteiger charge is -2.08. The van der Waals surface area contributed by atoms with Crippen molar-refractivity contribution >= 4 is 5.91 Å². The Hall–Kier alpha value is -0.830. The van der Waals surface area contributed by atoms with E-state index in [1.807, 2.05) is 0 Å². The van der Waals surface area contributed by atoms with E-state index in [1.54, 1.807) is 0 Å². The van der Waals surface area contributed by atoms with Gasteiger partial charge in [-0.05, 0) is 12.0 Å². The van der Waals surface area contributed by atoms with Gasteiger partial charge in [0.05, 0.1) is 6.61 Å². The standard InChI is InChI=1S/C9H17NO2/c1-4-8(3)6-12-7-10-9(11)5-2/h5,8H,2,4,6-7H2,1,3H3,(H,10,11). The summed E-state index contributed by atoms with van der Waals surface area (Å²) in [7, 11) is 0. The van der Waals surface area contributed by atoms with Gasteiger partial charge >= 0.3 is 0 Å². The molecule has 0 saturated heterocycles. The first-order valence-corrected chi connectivity index (χ1v) is 4.18. The summed E-state index contributed by atoms with van der Waals surface area (Å²) in [6.45, 7) is 8.50. The highest BCUT2D eigenvalue weighted by molar-refractivity contribution is 5.86. The van der Waals surface area contributed by atoms with Crippen LogP contribution in [0.15, 0.2) is 12.7 Å². The molecule has 1 unspecified atom stereocenters. The fourth-order valence-electron chi connectivity index (χ4n) is 0.572. The molecule has 0 fully saturated rings. The highest BCUT2D eigenvalue weighted by Gasteiger charge is 1.98. The van der Waals surface area contributed by atoms with Gasteiger partial charge < -0.3 is 10.1 Å². The van der Waals surface area contributed by atoms with Gasteiger partial charge in [0.15, 0.2) is 0 Å². The van der Waals surface area contributed by atoms with Crippen LogP contribution in [0.4, 0.5) is 0 Å². The van der Waals surface area contributed by atoms with Crippen molar-refractivity contribution in [3.05, 3.63) is 12.7 Å². The van der Waals surface area contributed by atoms with Crippen LogP contribution in [0.2, 0.25) is 0 Å². The van der Waals surface area contributed by atoms with E-state index in [1.165, 1.54) is 6.08 Å². The van der Waals surface area contributed by atoms with Crippen molar-refractivity contribution in [2.75, 3.05) is 13.3 Å². The number of carbonyl (C=O) groups excluding carboxylic acids is 1. The molecule has 3 nitrogen and oxygen atoms in total. The molecule has 0 saturated carbocycles. The van der Waals surface area contributed by atoms with Gasteiger partial charge in [0, 0.05) is 0 Å². The predicted molar refractivity (Wildman–Crippen MR) is 48.6 cm³/mol. The van der Waals surface area contributed by atoms with Crippen LogP contribution in [0.25, 0.3) is 0 Å². The molecule has 0 aromatic carbocycles. The summed E-state index contributed by atoms with van der Waals surface area (Å²) >= 11 is 0. The third kappa shape index (κ3) is 5.92. The summed E-state index contributed by atoms with van der Waals surface area (Å²) < 4.78 is 5.18. The molecule has 70 valence electrons. The number of nitrogens with one attached hydrogen (secondary N) is 1. The Morgan fingerprint density at radius 2 is 2.42 bits per heavy atom. The molecule has 1 amide bonds. The number of amides is 1. The molecule has 0 aromatic rings. The highest BCUT2D eigenvalue weighted by atomic mass is 16.5. The van der Waals surface area contributed by atoms with Gasteiger partial charge in [0.25, 0.3) is 0 Å². The topological polar surface area (TPSA) is 38.3 Å². The normalized spacial score (nSPS) is 12.2. The first kappa shape index (κ1) is 11.2. The Kier molecular flexibility index (Phi) is 6.38. The van der Waals surface area contributed by atoms with E-state index in [2.05, 4.69) is 25.7 Å². The van der Waals surface area contributed by atoms with Gasteiger partial charge in [-0.1, -0.05) is 26.8 Å². The van der Waals surface area contributed by atoms with E-state index >= 15 is 0 Å². The maximum atomic E-state index is 10.6. The number of rotatable bonds is 6. The fourth-order valence-corrected chi connectivity index (χ4v) is 0.572. The summed E-state index contributed by atoms with van der Waals surface area (Å²) in [5, 5.41) is 2.53. The molecule has 0 aromatic heterocycles. The molecule has 0 aliphatic heterocycles. The minimum atomic E-state index is -0.195. The van der Waals surface area contributed by atoms with Gasteiger partial charge in [-0.2, -0.15) is 0 Å². The van der Waals surface area contributed by atoms with Gasteiger partial charge in [0.1, 0.15) is 6.73 Å². The molecule has 0 heterocycles. The van der Waals surface area contributed by atoms with Crippen molar-refractivity contribution in [1.29, 1.82) is 0 Å². The number of ether oxygens (including phenoxy) is 1. The van der Waals surface area contributed by atoms with E-state index in [0.717, 1.165) is 6.42 Å². The molecule has 0 radical (unpaired) electrons. The van der Waals surface area contributed by atoms with E-state index in [-0.39, 0.29) is 12.6 Å². The molecular formula is C9H17NO2. The van der Waals surface area contributed by atoms with E-state index in [4.69, 9.17) is 4.74 Å². The van der Waals surface area contributed by atoms with Crippen molar-refractivity contribution in [1.82, 2.24) is 5.32 Å². The molecule has 12 heavy (non-hydrogen) atoms. The van der Waals surface area contributed by atoms with Crippen LogP contribution < -0.4 is 5.32 Å². The average Bonchev–Trinajstić information content (AvgIpc) is 2.11. The van der Waals surface area contributed by atoms with Crippen LogP contribution in [0, 0.1) is 5.92 Å². The summed E-state index contributed by atoms with van der Waals surface area (Å²) in [6, 6.07) is 0. The fraction of sp³-hybridized carbons (Fsp3) is 0.667. The Bertz CT molecular complexity index is 145. The molecule has 1 atom stereocenters. The van der Waals surface area contributed by atoms with Gasteiger partial charge in [-0.25, -0.2) is 0 Å². The second-order valence-electron chi connectivity index (χ2n) is 2.77. The van der Waals surface area contributed by atoms with Gasteiger partial charge in [0.2, 0.25) is 5.91 Å². The van der Waals surface area contributed by atoms with Crippen LogP contribution in [0.5, 0.6) is 0 Å². The molecule has 0 aliphatic carbocycles. The summed E-state index contributed by atoms with van der Waals surface area (Å²) in [5.74, 6) is 0.352. The van der Waals surface area contributed by atoms with Crippen molar-refractivity contribution < 1.29 is 9.53 Å². The Morgan fingerprint density at radius 1 is 1.75 bits per heavy atom. The van der Waals surface area contributed by atoms with Gasteiger partial charge in [-0.15, -0.1) is 0 Å². The number of hydrogen-bond donors (Lipinski definition) is 1. The lowest BCUT2D eigenvalue weighted by molar-refractivity contribution is -0.118. The zero-order valence-corrected chi connectivity index (χ0v) is 7.80. The largest absolute Gasteiger partial charge is 0.361 e. The zero-order valence-electron chi connectivity index (χ0n) is 7.80. The Morgan fingerprint density at radius 3 is 2.92 bits per heavy atom. The maximum absolute atomic E-state index is 10.6. The quantitative estimate of drug-likeness (QED) is 0.372. The second kappa shape index (κ2) is 6.85. The van der Waals surface area contributed by atoms with Gasteiger partial charge in [-0.3, -0.25) is 4.79 Å². The van der Waals surface area contributed by atoms with E-state index < -0.39 is 0 Å². The molecule has 1 N–H and O–H groups in total. The highest BCUT2D eigenvalue weighted by Crippen LogP contribution is 1.99. The minimum Gasteiger partial charge on any atom is -0.361 e. The summed E-state index contributed by atoms with van der Waals surface area (Å²) in [4.78, 5) is 10.6. The van der Waals surface area contributed by atoms with Crippen LogP contribution in [0.3, 0.4) is 0 Å². The van der Waals surface area contributed by atoms with Crippen molar-refractivity contribution in [2.24, 2.45) is 5.92 Å². The lowest BCUT2D eigenvalue weighted by Crippen LogP contribution is -2.25. The average molecular weight is 171 g/mol. The number of hydrogen-bond acceptors (Lipinski definition) is 2. The zero-order chi connectivity index (χ0) is 9.40. The first-order chi connectivity index (χ1) is 5.70. The molecule has 0 bridgehead atoms. The van der Waals surface area contributed by atoms with Crippen LogP contribution in [-0.2, 0) is 9.53 Å². The van der Waals surface area contributed by atoms with E-state index in [9.17, 15) is 4.79 Å². The Labute approximate surface area is 73.8 Å². The Balaban J connectivity index is 3.21. The first-order valence-electron chi connectivity index (χ1n) is 4.18. The molecule has 3 heteroatoms. The molecule has 0 spiro atoms. The summed E-state index contributed by atoms with van der Waals surface area (Å²) in [6.07, 6.45) is 2.32. The van der Waals surface area contributed by atoms with E-state index in [0.29, 0.717) is 12.5 Å². The monoisotopic (exact) mass is 171 g/mol. The van der Waals surface area contributed by atoms with Crippen LogP contribution in [-0.4, -0.2) is 19.2 Å². The number of carbonyl (C=O) groups is 1. The van der Waals surface area contributed by atoms with Crippen molar-refractivity contribution in [2.45, 2.75) is 20.3 Å². The minimum absolute atomic E-state index is 0.195. The second-order valence-corrected chi connectivity index (χ2v) is 2.77. The molecule has 0 aliphatic rings. The third-order valence-corrected chi connectivity index (χ3v) is 1.63.